The van der Waals surface area contributed by atoms with Crippen molar-refractivity contribution in [1.29, 1.82) is 0 Å². The number of nitrogens with two attached hydrogens (primary N) is 1. The van der Waals surface area contributed by atoms with Gasteiger partial charge < -0.3 is 15.8 Å². The molecule has 7 heteroatoms. The summed E-state index contributed by atoms with van der Waals surface area (Å²) in [5.74, 6) is -0.560. The summed E-state index contributed by atoms with van der Waals surface area (Å²) in [4.78, 5) is 36.4. The van der Waals surface area contributed by atoms with Crippen LogP contribution in [0.5, 0.6) is 5.75 Å². The number of nitrogens with one attached hydrogen (secondary N) is 1. The van der Waals surface area contributed by atoms with Gasteiger partial charge in [-0.25, -0.2) is 4.79 Å². The highest BCUT2D eigenvalue weighted by Gasteiger charge is 2.51. The van der Waals surface area contributed by atoms with E-state index in [0.29, 0.717) is 17.7 Å². The highest BCUT2D eigenvalue weighted by Crippen LogP contribution is 2.33. The number of rotatable bonds is 5. The molecule has 1 aliphatic rings. The van der Waals surface area contributed by atoms with Gasteiger partial charge in [0, 0.05) is 0 Å². The molecule has 0 unspecified atom stereocenters. The minimum absolute atomic E-state index is 0.360. The average molecular weight is 291 g/mol. The largest absolute Gasteiger partial charge is 0.497 e. The predicted molar refractivity (Wildman–Crippen MR) is 74.4 cm³/mol. The first-order chi connectivity index (χ1) is 9.94. The van der Waals surface area contributed by atoms with Crippen LogP contribution in [0.3, 0.4) is 0 Å². The molecule has 0 spiro atoms. The number of methoxy groups -OCH3 is 1. The fourth-order valence-electron chi connectivity index (χ4n) is 2.44. The molecule has 1 aromatic rings. The highest BCUT2D eigenvalue weighted by molar-refractivity contribution is 6.09. The quantitative estimate of drug-likeness (QED) is 0.763. The molecule has 1 atom stereocenters. The first-order valence-electron chi connectivity index (χ1n) is 6.51. The Balaban J connectivity index is 2.39. The number of nitrogens with zero attached hydrogens (tertiary/aromatic N) is 1. The monoisotopic (exact) mass is 291 g/mol. The fraction of sp³-hybridized carbons (Fsp3) is 0.357. The second-order valence-corrected chi connectivity index (χ2v) is 4.78. The molecule has 0 bridgehead atoms. The van der Waals surface area contributed by atoms with Crippen LogP contribution in [0, 0.1) is 0 Å². The van der Waals surface area contributed by atoms with Gasteiger partial charge in [0.25, 0.3) is 5.91 Å². The highest BCUT2D eigenvalue weighted by atomic mass is 16.5. The lowest BCUT2D eigenvalue weighted by atomic mass is 9.87. The van der Waals surface area contributed by atoms with Crippen LogP contribution >= 0.6 is 0 Å². The molecule has 1 aliphatic heterocycles. The summed E-state index contributed by atoms with van der Waals surface area (Å²) in [5.41, 5.74) is 4.54. The summed E-state index contributed by atoms with van der Waals surface area (Å²) in [7, 11) is 1.54. The van der Waals surface area contributed by atoms with Crippen LogP contribution in [0.1, 0.15) is 18.9 Å². The van der Waals surface area contributed by atoms with E-state index >= 15 is 0 Å². The van der Waals surface area contributed by atoms with Gasteiger partial charge in [-0.15, -0.1) is 0 Å². The first kappa shape index (κ1) is 14.8. The third kappa shape index (κ3) is 2.42. The van der Waals surface area contributed by atoms with Gasteiger partial charge in [0.2, 0.25) is 5.91 Å². The molecule has 2 rings (SSSR count). The summed E-state index contributed by atoms with van der Waals surface area (Å²) in [6.45, 7) is 1.36. The molecular formula is C14H17N3O4. The molecule has 1 heterocycles. The first-order valence-corrected chi connectivity index (χ1v) is 6.51. The van der Waals surface area contributed by atoms with Gasteiger partial charge in [0.1, 0.15) is 17.8 Å². The van der Waals surface area contributed by atoms with Crippen molar-refractivity contribution in [2.75, 3.05) is 13.7 Å². The SMILES string of the molecule is CC[C@@]1(c2ccc(OC)cc2)NC(=O)N(CC(N)=O)C1=O. The topological polar surface area (TPSA) is 102 Å². The molecule has 21 heavy (non-hydrogen) atoms. The van der Waals surface area contributed by atoms with Gasteiger partial charge in [-0.2, -0.15) is 0 Å². The zero-order chi connectivity index (χ0) is 15.6. The van der Waals surface area contributed by atoms with Crippen LogP contribution in [0.2, 0.25) is 0 Å². The van der Waals surface area contributed by atoms with E-state index in [4.69, 9.17) is 10.5 Å². The molecule has 1 fully saturated rings. The van der Waals surface area contributed by atoms with Gasteiger partial charge in [0.05, 0.1) is 7.11 Å². The van der Waals surface area contributed by atoms with Crippen LogP contribution in [0.25, 0.3) is 0 Å². The molecular weight excluding hydrogens is 274 g/mol. The van der Waals surface area contributed by atoms with Gasteiger partial charge in [-0.1, -0.05) is 19.1 Å². The Morgan fingerprint density at radius 3 is 2.43 bits per heavy atom. The van der Waals surface area contributed by atoms with E-state index in [9.17, 15) is 14.4 Å². The van der Waals surface area contributed by atoms with Gasteiger partial charge >= 0.3 is 6.03 Å². The molecule has 7 nitrogen and oxygen atoms in total. The van der Waals surface area contributed by atoms with Crippen molar-refractivity contribution in [3.8, 4) is 5.75 Å². The Labute approximate surface area is 122 Å². The second-order valence-electron chi connectivity index (χ2n) is 4.78. The maximum atomic E-state index is 12.6. The molecule has 0 radical (unpaired) electrons. The summed E-state index contributed by atoms with van der Waals surface area (Å²) in [6, 6.07) is 6.24. The summed E-state index contributed by atoms with van der Waals surface area (Å²) in [5, 5.41) is 2.66. The molecule has 4 amide bonds. The number of hydrogen-bond donors (Lipinski definition) is 2. The number of hydrogen-bond acceptors (Lipinski definition) is 4. The lowest BCUT2D eigenvalue weighted by molar-refractivity contribution is -0.134. The molecule has 0 aromatic heterocycles. The van der Waals surface area contributed by atoms with Gasteiger partial charge in [-0.05, 0) is 24.1 Å². The number of ether oxygens (including phenoxy) is 1. The molecule has 1 saturated heterocycles. The standard InChI is InChI=1S/C14H17N3O4/c1-3-14(9-4-6-10(21-2)7-5-9)12(19)17(8-11(15)18)13(20)16-14/h4-7H,3,8H2,1-2H3,(H2,15,18)(H,16,20)/t14-/m0/s1. The van der Waals surface area contributed by atoms with Crippen molar-refractivity contribution < 1.29 is 19.1 Å². The lowest BCUT2D eigenvalue weighted by Gasteiger charge is -2.25. The Morgan fingerprint density at radius 1 is 1.33 bits per heavy atom. The third-order valence-corrected chi connectivity index (χ3v) is 3.60. The third-order valence-electron chi connectivity index (χ3n) is 3.60. The predicted octanol–water partition coefficient (Wildman–Crippen LogP) is 0.338. The number of benzene rings is 1. The van der Waals surface area contributed by atoms with Gasteiger partial charge in [0.15, 0.2) is 0 Å². The van der Waals surface area contributed by atoms with Gasteiger partial charge in [-0.3, -0.25) is 14.5 Å². The Morgan fingerprint density at radius 2 is 1.95 bits per heavy atom. The zero-order valence-corrected chi connectivity index (χ0v) is 11.9. The number of primary amides is 1. The summed E-state index contributed by atoms with van der Waals surface area (Å²) < 4.78 is 5.08. The zero-order valence-electron chi connectivity index (χ0n) is 11.9. The van der Waals surface area contributed by atoms with E-state index in [0.717, 1.165) is 4.90 Å². The van der Waals surface area contributed by atoms with Crippen molar-refractivity contribution in [2.24, 2.45) is 5.73 Å². The van der Waals surface area contributed by atoms with E-state index in [2.05, 4.69) is 5.32 Å². The number of imide groups is 1. The van der Waals surface area contributed by atoms with Crippen molar-refractivity contribution in [3.05, 3.63) is 29.8 Å². The van der Waals surface area contributed by atoms with Crippen molar-refractivity contribution >= 4 is 17.8 Å². The number of amides is 4. The molecule has 1 aromatic carbocycles. The fourth-order valence-corrected chi connectivity index (χ4v) is 2.44. The maximum Gasteiger partial charge on any atom is 0.325 e. The summed E-state index contributed by atoms with van der Waals surface area (Å²) >= 11 is 0. The molecule has 112 valence electrons. The molecule has 0 aliphatic carbocycles. The van der Waals surface area contributed by atoms with E-state index < -0.39 is 29.9 Å². The smallest absolute Gasteiger partial charge is 0.325 e. The maximum absolute atomic E-state index is 12.6. The molecule has 3 N–H and O–H groups in total. The Hall–Kier alpha value is -2.57. The lowest BCUT2D eigenvalue weighted by Crippen LogP contribution is -2.44. The normalized spacial score (nSPS) is 21.3. The van der Waals surface area contributed by atoms with E-state index in [1.165, 1.54) is 0 Å². The Kier molecular flexibility index (Phi) is 3.84. The van der Waals surface area contributed by atoms with Crippen LogP contribution in [0.15, 0.2) is 24.3 Å². The van der Waals surface area contributed by atoms with E-state index in [1.807, 2.05) is 0 Å². The van der Waals surface area contributed by atoms with Crippen molar-refractivity contribution in [2.45, 2.75) is 18.9 Å². The van der Waals surface area contributed by atoms with E-state index in [-0.39, 0.29) is 0 Å². The molecule has 0 saturated carbocycles. The van der Waals surface area contributed by atoms with Crippen LogP contribution in [0.4, 0.5) is 4.79 Å². The van der Waals surface area contributed by atoms with Crippen LogP contribution in [-0.2, 0) is 15.1 Å². The van der Waals surface area contributed by atoms with Crippen LogP contribution < -0.4 is 15.8 Å². The number of carbonyl (C=O) groups is 3. The number of urea groups is 1. The minimum atomic E-state index is -1.17. The minimum Gasteiger partial charge on any atom is -0.497 e. The van der Waals surface area contributed by atoms with E-state index in [1.54, 1.807) is 38.3 Å². The Bertz CT molecular complexity index is 584. The number of carbonyl (C=O) groups excluding carboxylic acids is 3. The van der Waals surface area contributed by atoms with Crippen molar-refractivity contribution in [3.63, 3.8) is 0 Å². The van der Waals surface area contributed by atoms with Crippen LogP contribution in [-0.4, -0.2) is 36.4 Å². The van der Waals surface area contributed by atoms with Crippen molar-refractivity contribution in [1.82, 2.24) is 10.2 Å². The summed E-state index contributed by atoms with van der Waals surface area (Å²) in [6.07, 6.45) is 0.360. The average Bonchev–Trinajstić information content (AvgIpc) is 2.72. The second kappa shape index (κ2) is 5.43.